The number of thiophene rings is 1. The number of carbonyl (C=O) groups excluding carboxylic acids is 1. The summed E-state index contributed by atoms with van der Waals surface area (Å²) in [4.78, 5) is 18.1. The molecule has 6 rings (SSSR count). The first-order valence-electron chi connectivity index (χ1n) is 13.1. The summed E-state index contributed by atoms with van der Waals surface area (Å²) in [5, 5.41) is 15.8. The van der Waals surface area contributed by atoms with Crippen LogP contribution in [-0.4, -0.2) is 67.9 Å². The van der Waals surface area contributed by atoms with E-state index in [4.69, 9.17) is 21.1 Å². The third-order valence-electron chi connectivity index (χ3n) is 7.67. The molecular formula is C28H32ClN3O4S. The Morgan fingerprint density at radius 1 is 1.08 bits per heavy atom. The maximum absolute atomic E-state index is 13.5. The highest BCUT2D eigenvalue weighted by molar-refractivity contribution is 7.22. The number of hydrogen-bond acceptors (Lipinski definition) is 7. The molecule has 4 heterocycles. The maximum atomic E-state index is 13.5. The first-order valence-corrected chi connectivity index (χ1v) is 14.3. The first-order chi connectivity index (χ1) is 18.0. The minimum atomic E-state index is -0.844. The fourth-order valence-electron chi connectivity index (χ4n) is 5.64. The van der Waals surface area contributed by atoms with Gasteiger partial charge in [-0.25, -0.2) is 0 Å². The first kappa shape index (κ1) is 24.8. The molecule has 3 atom stereocenters. The Morgan fingerprint density at radius 3 is 2.73 bits per heavy atom. The van der Waals surface area contributed by atoms with Gasteiger partial charge in [-0.15, -0.1) is 11.3 Å². The summed E-state index contributed by atoms with van der Waals surface area (Å²) in [6.45, 7) is 5.10. The van der Waals surface area contributed by atoms with Crippen LogP contribution in [-0.2, 0) is 4.79 Å². The van der Waals surface area contributed by atoms with Gasteiger partial charge in [-0.3, -0.25) is 4.79 Å². The molecule has 0 saturated carbocycles. The van der Waals surface area contributed by atoms with Gasteiger partial charge in [0.25, 0.3) is 0 Å². The van der Waals surface area contributed by atoms with Crippen molar-refractivity contribution in [2.24, 2.45) is 5.92 Å². The van der Waals surface area contributed by atoms with Gasteiger partial charge in [-0.2, -0.15) is 0 Å². The number of aliphatic hydroxyl groups excluding tert-OH is 1. The average molecular weight is 542 g/mol. The summed E-state index contributed by atoms with van der Waals surface area (Å²) in [6.07, 6.45) is 2.24. The molecule has 3 aliphatic rings. The number of aliphatic hydroxyl groups is 1. The Kier molecular flexibility index (Phi) is 7.16. The zero-order valence-electron chi connectivity index (χ0n) is 20.7. The summed E-state index contributed by atoms with van der Waals surface area (Å²) < 4.78 is 13.3. The Labute approximate surface area is 225 Å². The molecule has 0 spiro atoms. The highest BCUT2D eigenvalue weighted by atomic mass is 35.5. The molecule has 7 nitrogen and oxygen atoms in total. The zero-order valence-corrected chi connectivity index (χ0v) is 22.3. The van der Waals surface area contributed by atoms with E-state index in [1.165, 1.54) is 0 Å². The highest BCUT2D eigenvalue weighted by Crippen LogP contribution is 2.35. The molecule has 196 valence electrons. The number of halogens is 1. The average Bonchev–Trinajstić information content (AvgIpc) is 3.67. The van der Waals surface area contributed by atoms with Crippen molar-refractivity contribution < 1.29 is 19.4 Å². The standard InChI is InChI=1S/C28H32ClN3O4S/c29-26-14-18-3-5-21(15-25(18)37-26)32-10-7-20(16-32)28(34)30-22(17-31-8-1-2-9-31)27(33)19-4-6-23-24(13-19)36-12-11-35-23/h3-6,13-15,20,22,27,33H,1-2,7-12,16-17H2,(H,30,34)/t20-,22-,27-/m1/s1. The van der Waals surface area contributed by atoms with E-state index in [0.717, 1.165) is 64.6 Å². The predicted molar refractivity (Wildman–Crippen MR) is 147 cm³/mol. The van der Waals surface area contributed by atoms with E-state index < -0.39 is 12.1 Å². The Morgan fingerprint density at radius 2 is 1.89 bits per heavy atom. The van der Waals surface area contributed by atoms with Crippen LogP contribution in [0.25, 0.3) is 10.1 Å². The molecule has 2 N–H and O–H groups in total. The highest BCUT2D eigenvalue weighted by Gasteiger charge is 2.33. The molecule has 3 aliphatic heterocycles. The molecule has 0 unspecified atom stereocenters. The number of ether oxygens (including phenoxy) is 2. The lowest BCUT2D eigenvalue weighted by atomic mass is 9.99. The molecule has 2 fully saturated rings. The van der Waals surface area contributed by atoms with Crippen molar-refractivity contribution in [3.63, 3.8) is 0 Å². The van der Waals surface area contributed by atoms with E-state index in [9.17, 15) is 9.90 Å². The molecule has 0 radical (unpaired) electrons. The Hall–Kier alpha value is -2.52. The molecule has 0 aliphatic carbocycles. The van der Waals surface area contributed by atoms with Crippen LogP contribution < -0.4 is 19.7 Å². The van der Waals surface area contributed by atoms with Crippen molar-refractivity contribution in [2.75, 3.05) is 50.8 Å². The van der Waals surface area contributed by atoms with Gasteiger partial charge in [0.1, 0.15) is 19.3 Å². The maximum Gasteiger partial charge on any atom is 0.225 e. The number of fused-ring (bicyclic) bond motifs is 2. The van der Waals surface area contributed by atoms with Crippen LogP contribution in [0.4, 0.5) is 5.69 Å². The number of nitrogens with one attached hydrogen (secondary N) is 1. The fourth-order valence-corrected chi connectivity index (χ4v) is 6.82. The summed E-state index contributed by atoms with van der Waals surface area (Å²) >= 11 is 7.76. The van der Waals surface area contributed by atoms with Gasteiger partial charge < -0.3 is 29.7 Å². The number of rotatable bonds is 7. The van der Waals surface area contributed by atoms with Crippen molar-refractivity contribution in [1.82, 2.24) is 10.2 Å². The smallest absolute Gasteiger partial charge is 0.225 e. The van der Waals surface area contributed by atoms with Crippen LogP contribution in [0.1, 0.15) is 30.9 Å². The van der Waals surface area contributed by atoms with E-state index in [0.29, 0.717) is 37.8 Å². The van der Waals surface area contributed by atoms with Crippen LogP contribution >= 0.6 is 22.9 Å². The summed E-state index contributed by atoms with van der Waals surface area (Å²) in [7, 11) is 0. The monoisotopic (exact) mass is 541 g/mol. The molecule has 1 amide bonds. The van der Waals surface area contributed by atoms with Gasteiger partial charge in [0, 0.05) is 30.0 Å². The molecule has 2 aromatic carbocycles. The molecule has 1 aromatic heterocycles. The van der Waals surface area contributed by atoms with Crippen LogP contribution in [0.3, 0.4) is 0 Å². The normalized spacial score (nSPS) is 21.4. The third-order valence-corrected chi connectivity index (χ3v) is 8.89. The molecule has 2 saturated heterocycles. The zero-order chi connectivity index (χ0) is 25.4. The van der Waals surface area contributed by atoms with Crippen LogP contribution in [0.15, 0.2) is 42.5 Å². The lowest BCUT2D eigenvalue weighted by molar-refractivity contribution is -0.126. The van der Waals surface area contributed by atoms with Crippen LogP contribution in [0.5, 0.6) is 11.5 Å². The van der Waals surface area contributed by atoms with E-state index in [1.54, 1.807) is 11.3 Å². The molecule has 3 aromatic rings. The predicted octanol–water partition coefficient (Wildman–Crippen LogP) is 4.47. The van der Waals surface area contributed by atoms with Gasteiger partial charge >= 0.3 is 0 Å². The van der Waals surface area contributed by atoms with Crippen molar-refractivity contribution in [1.29, 1.82) is 0 Å². The number of anilines is 1. The number of benzene rings is 2. The summed E-state index contributed by atoms with van der Waals surface area (Å²) in [5.41, 5.74) is 1.84. The summed E-state index contributed by atoms with van der Waals surface area (Å²) in [5.74, 6) is 1.21. The number of nitrogens with zero attached hydrogens (tertiary/aromatic N) is 2. The van der Waals surface area contributed by atoms with Gasteiger partial charge in [0.15, 0.2) is 11.5 Å². The van der Waals surface area contributed by atoms with E-state index in [-0.39, 0.29) is 11.8 Å². The Balaban J connectivity index is 1.15. The molecule has 9 heteroatoms. The topological polar surface area (TPSA) is 74.3 Å². The minimum absolute atomic E-state index is 0.00327. The van der Waals surface area contributed by atoms with Gasteiger partial charge in [0.2, 0.25) is 5.91 Å². The number of carbonyl (C=O) groups is 1. The molecule has 37 heavy (non-hydrogen) atoms. The van der Waals surface area contributed by atoms with Gasteiger partial charge in [-0.05, 0) is 73.6 Å². The molecule has 0 bridgehead atoms. The quantitative estimate of drug-likeness (QED) is 0.460. The SMILES string of the molecule is O=C(N[C@H](CN1CCCC1)[C@H](O)c1ccc2c(c1)OCCO2)[C@@H]1CCN(c2ccc3cc(Cl)sc3c2)C1. The number of amides is 1. The fraction of sp³-hybridized carbons (Fsp3) is 0.464. The third kappa shape index (κ3) is 5.39. The second-order valence-electron chi connectivity index (χ2n) is 10.2. The largest absolute Gasteiger partial charge is 0.486 e. The summed E-state index contributed by atoms with van der Waals surface area (Å²) in [6, 6.07) is 13.5. The van der Waals surface area contributed by atoms with Crippen LogP contribution in [0, 0.1) is 5.92 Å². The van der Waals surface area contributed by atoms with E-state index >= 15 is 0 Å². The van der Waals surface area contributed by atoms with Crippen molar-refractivity contribution in [2.45, 2.75) is 31.4 Å². The van der Waals surface area contributed by atoms with Crippen molar-refractivity contribution in [3.8, 4) is 11.5 Å². The van der Waals surface area contributed by atoms with E-state index in [1.807, 2.05) is 24.3 Å². The second kappa shape index (κ2) is 10.7. The van der Waals surface area contributed by atoms with Gasteiger partial charge in [-0.1, -0.05) is 23.7 Å². The second-order valence-corrected chi connectivity index (χ2v) is 11.9. The van der Waals surface area contributed by atoms with Crippen molar-refractivity contribution in [3.05, 3.63) is 52.4 Å². The minimum Gasteiger partial charge on any atom is -0.486 e. The van der Waals surface area contributed by atoms with Gasteiger partial charge in [0.05, 0.1) is 16.3 Å². The van der Waals surface area contributed by atoms with Crippen LogP contribution in [0.2, 0.25) is 4.34 Å². The molecular weight excluding hydrogens is 510 g/mol. The van der Waals surface area contributed by atoms with E-state index in [2.05, 4.69) is 33.3 Å². The van der Waals surface area contributed by atoms with Crippen molar-refractivity contribution >= 4 is 44.6 Å². The Bertz CT molecular complexity index is 1280. The number of hydrogen-bond donors (Lipinski definition) is 2. The lowest BCUT2D eigenvalue weighted by Gasteiger charge is -2.30. The lowest BCUT2D eigenvalue weighted by Crippen LogP contribution is -2.48. The number of likely N-dealkylation sites (tertiary alicyclic amines) is 1.